The molecule has 114 valence electrons. The Hall–Kier alpha value is -0.610. The lowest BCUT2D eigenvalue weighted by molar-refractivity contribution is -0.137. The Balaban J connectivity index is 1.47. The minimum absolute atomic E-state index is 0.118. The summed E-state index contributed by atoms with van der Waals surface area (Å²) in [6.45, 7) is 7.82. The first-order valence-electron chi connectivity index (χ1n) is 8.53. The van der Waals surface area contributed by atoms with Crippen molar-refractivity contribution in [2.24, 2.45) is 5.92 Å². The molecule has 1 N–H and O–H groups in total. The van der Waals surface area contributed by atoms with Gasteiger partial charge in [0.25, 0.3) is 0 Å². The van der Waals surface area contributed by atoms with Crippen molar-refractivity contribution in [3.63, 3.8) is 0 Å². The van der Waals surface area contributed by atoms with Gasteiger partial charge in [-0.2, -0.15) is 0 Å². The lowest BCUT2D eigenvalue weighted by atomic mass is 9.94. The minimum atomic E-state index is 0.118. The average Bonchev–Trinajstić information content (AvgIpc) is 3.28. The number of rotatable bonds is 5. The van der Waals surface area contributed by atoms with Crippen molar-refractivity contribution in [3.05, 3.63) is 0 Å². The van der Waals surface area contributed by atoms with Gasteiger partial charge in [0.1, 0.15) is 0 Å². The molecule has 0 aromatic carbocycles. The summed E-state index contributed by atoms with van der Waals surface area (Å²) in [4.78, 5) is 17.2. The SMILES string of the molecule is CCN1CCC(CN2CCCC(NC3CC3)C2=O)CC1. The zero-order valence-corrected chi connectivity index (χ0v) is 12.8. The first-order chi connectivity index (χ1) is 9.76. The zero-order chi connectivity index (χ0) is 13.9. The number of amides is 1. The maximum atomic E-state index is 12.5. The number of likely N-dealkylation sites (tertiary alicyclic amines) is 2. The molecule has 20 heavy (non-hydrogen) atoms. The molecule has 3 fully saturated rings. The summed E-state index contributed by atoms with van der Waals surface area (Å²) < 4.78 is 0. The maximum absolute atomic E-state index is 12.5. The quantitative estimate of drug-likeness (QED) is 0.827. The van der Waals surface area contributed by atoms with Crippen LogP contribution in [-0.2, 0) is 4.79 Å². The Labute approximate surface area is 122 Å². The van der Waals surface area contributed by atoms with E-state index in [0.29, 0.717) is 11.9 Å². The van der Waals surface area contributed by atoms with Gasteiger partial charge < -0.3 is 15.1 Å². The highest BCUT2D eigenvalue weighted by Crippen LogP contribution is 2.24. The van der Waals surface area contributed by atoms with Crippen molar-refractivity contribution >= 4 is 5.91 Å². The normalized spacial score (nSPS) is 29.9. The van der Waals surface area contributed by atoms with E-state index in [4.69, 9.17) is 0 Å². The van der Waals surface area contributed by atoms with Crippen molar-refractivity contribution < 1.29 is 4.79 Å². The van der Waals surface area contributed by atoms with Crippen LogP contribution in [0.4, 0.5) is 0 Å². The molecule has 1 amide bonds. The van der Waals surface area contributed by atoms with Crippen molar-refractivity contribution in [2.45, 2.75) is 57.5 Å². The van der Waals surface area contributed by atoms with Gasteiger partial charge in [-0.15, -0.1) is 0 Å². The van der Waals surface area contributed by atoms with Gasteiger partial charge in [-0.3, -0.25) is 4.79 Å². The number of hydrogen-bond acceptors (Lipinski definition) is 3. The van der Waals surface area contributed by atoms with Gasteiger partial charge in [-0.05, 0) is 64.1 Å². The topological polar surface area (TPSA) is 35.6 Å². The summed E-state index contributed by atoms with van der Waals surface area (Å²) in [5.41, 5.74) is 0. The van der Waals surface area contributed by atoms with Gasteiger partial charge in [0.15, 0.2) is 0 Å². The molecule has 0 aromatic rings. The highest BCUT2D eigenvalue weighted by molar-refractivity contribution is 5.82. The van der Waals surface area contributed by atoms with E-state index in [-0.39, 0.29) is 6.04 Å². The second-order valence-corrected chi connectivity index (χ2v) is 6.80. The molecule has 1 atom stereocenters. The summed E-state index contributed by atoms with van der Waals surface area (Å²) >= 11 is 0. The van der Waals surface area contributed by atoms with Crippen LogP contribution in [0.2, 0.25) is 0 Å². The molecule has 0 aromatic heterocycles. The van der Waals surface area contributed by atoms with E-state index < -0.39 is 0 Å². The van der Waals surface area contributed by atoms with Crippen LogP contribution in [0, 0.1) is 5.92 Å². The van der Waals surface area contributed by atoms with Crippen molar-refractivity contribution in [1.29, 1.82) is 0 Å². The van der Waals surface area contributed by atoms with E-state index in [1.165, 1.54) is 51.7 Å². The summed E-state index contributed by atoms with van der Waals surface area (Å²) in [5.74, 6) is 1.10. The molecule has 3 rings (SSSR count). The molecule has 3 aliphatic rings. The molecule has 4 nitrogen and oxygen atoms in total. The van der Waals surface area contributed by atoms with Crippen molar-refractivity contribution in [1.82, 2.24) is 15.1 Å². The molecular weight excluding hydrogens is 250 g/mol. The first kappa shape index (κ1) is 14.3. The smallest absolute Gasteiger partial charge is 0.239 e. The van der Waals surface area contributed by atoms with Crippen molar-refractivity contribution in [3.8, 4) is 0 Å². The highest BCUT2D eigenvalue weighted by atomic mass is 16.2. The Kier molecular flexibility index (Phi) is 4.61. The van der Waals surface area contributed by atoms with Gasteiger partial charge in [-0.25, -0.2) is 0 Å². The molecular formula is C16H29N3O. The lowest BCUT2D eigenvalue weighted by Crippen LogP contribution is -2.53. The lowest BCUT2D eigenvalue weighted by Gasteiger charge is -2.38. The molecule has 0 spiro atoms. The second kappa shape index (κ2) is 6.44. The van der Waals surface area contributed by atoms with Crippen molar-refractivity contribution in [2.75, 3.05) is 32.7 Å². The van der Waals surface area contributed by atoms with Gasteiger partial charge in [0, 0.05) is 19.1 Å². The molecule has 2 aliphatic heterocycles. The third kappa shape index (κ3) is 3.53. The third-order valence-electron chi connectivity index (χ3n) is 5.18. The summed E-state index contributed by atoms with van der Waals surface area (Å²) in [5, 5.41) is 3.53. The second-order valence-electron chi connectivity index (χ2n) is 6.80. The Bertz CT molecular complexity index is 335. The van der Waals surface area contributed by atoms with E-state index in [1.54, 1.807) is 0 Å². The molecule has 1 saturated carbocycles. The van der Waals surface area contributed by atoms with Crippen LogP contribution in [0.15, 0.2) is 0 Å². The van der Waals surface area contributed by atoms with E-state index in [1.807, 2.05) is 0 Å². The average molecular weight is 279 g/mol. The van der Waals surface area contributed by atoms with Gasteiger partial charge >= 0.3 is 0 Å². The maximum Gasteiger partial charge on any atom is 0.239 e. The van der Waals surface area contributed by atoms with Crippen LogP contribution < -0.4 is 5.32 Å². The fourth-order valence-corrected chi connectivity index (χ4v) is 3.61. The van der Waals surface area contributed by atoms with Gasteiger partial charge in [0.05, 0.1) is 6.04 Å². The van der Waals surface area contributed by atoms with E-state index in [0.717, 1.165) is 25.4 Å². The highest BCUT2D eigenvalue weighted by Gasteiger charge is 2.34. The molecule has 0 bridgehead atoms. The van der Waals surface area contributed by atoms with E-state index in [2.05, 4.69) is 22.0 Å². The zero-order valence-electron chi connectivity index (χ0n) is 12.8. The number of piperidine rings is 2. The number of nitrogens with one attached hydrogen (secondary N) is 1. The third-order valence-corrected chi connectivity index (χ3v) is 5.18. The molecule has 1 aliphatic carbocycles. The van der Waals surface area contributed by atoms with E-state index in [9.17, 15) is 4.79 Å². The Morgan fingerprint density at radius 2 is 1.85 bits per heavy atom. The monoisotopic (exact) mass is 279 g/mol. The Morgan fingerprint density at radius 3 is 2.50 bits per heavy atom. The van der Waals surface area contributed by atoms with Gasteiger partial charge in [0.2, 0.25) is 5.91 Å². The van der Waals surface area contributed by atoms with Crippen LogP contribution in [0.1, 0.15) is 45.4 Å². The molecule has 0 radical (unpaired) electrons. The van der Waals surface area contributed by atoms with Crippen LogP contribution in [-0.4, -0.2) is 60.5 Å². The number of carbonyl (C=O) groups is 1. The molecule has 1 unspecified atom stereocenters. The minimum Gasteiger partial charge on any atom is -0.341 e. The predicted octanol–water partition coefficient (Wildman–Crippen LogP) is 1.46. The number of hydrogen-bond donors (Lipinski definition) is 1. The standard InChI is InChI=1S/C16H29N3O/c1-2-18-10-7-13(8-11-18)12-19-9-3-4-15(16(19)20)17-14-5-6-14/h13-15,17H,2-12H2,1H3. The van der Waals surface area contributed by atoms with Crippen LogP contribution in [0.3, 0.4) is 0 Å². The van der Waals surface area contributed by atoms with Crippen LogP contribution in [0.25, 0.3) is 0 Å². The van der Waals surface area contributed by atoms with Gasteiger partial charge in [-0.1, -0.05) is 6.92 Å². The summed E-state index contributed by atoms with van der Waals surface area (Å²) in [7, 11) is 0. The molecule has 2 heterocycles. The number of nitrogens with zero attached hydrogens (tertiary/aromatic N) is 2. The van der Waals surface area contributed by atoms with Crippen LogP contribution >= 0.6 is 0 Å². The predicted molar refractivity (Wildman–Crippen MR) is 80.6 cm³/mol. The summed E-state index contributed by atoms with van der Waals surface area (Å²) in [6, 6.07) is 0.753. The molecule has 4 heteroatoms. The fraction of sp³-hybridized carbons (Fsp3) is 0.938. The Morgan fingerprint density at radius 1 is 1.10 bits per heavy atom. The molecule has 2 saturated heterocycles. The number of carbonyl (C=O) groups excluding carboxylic acids is 1. The first-order valence-corrected chi connectivity index (χ1v) is 8.53. The fourth-order valence-electron chi connectivity index (χ4n) is 3.61. The summed E-state index contributed by atoms with van der Waals surface area (Å²) in [6.07, 6.45) is 7.26. The van der Waals surface area contributed by atoms with Crippen LogP contribution in [0.5, 0.6) is 0 Å². The van der Waals surface area contributed by atoms with E-state index >= 15 is 0 Å². The largest absolute Gasteiger partial charge is 0.341 e.